The van der Waals surface area contributed by atoms with Gasteiger partial charge in [0.1, 0.15) is 19.3 Å². The molecule has 0 saturated heterocycles. The normalized spacial score (nSPS) is 10.3. The minimum atomic E-state index is -0.400. The van der Waals surface area contributed by atoms with Crippen LogP contribution in [0.15, 0.2) is 43.0 Å². The molecular weight excluding hydrogens is 234 g/mol. The Morgan fingerprint density at radius 3 is 2.72 bits per heavy atom. The van der Waals surface area contributed by atoms with Crippen molar-refractivity contribution in [2.24, 2.45) is 0 Å². The molecule has 18 heavy (non-hydrogen) atoms. The SMILES string of the molecule is CCO[n+]1ccn(Cc2ccc([N+](=O)[O-])cc2)c1. The molecule has 0 spiro atoms. The van der Waals surface area contributed by atoms with Crippen molar-refractivity contribution < 1.29 is 14.5 Å². The molecule has 0 unspecified atom stereocenters. The lowest BCUT2D eigenvalue weighted by Crippen LogP contribution is -2.40. The van der Waals surface area contributed by atoms with E-state index < -0.39 is 4.92 Å². The number of nitro groups is 1. The van der Waals surface area contributed by atoms with E-state index >= 15 is 0 Å². The van der Waals surface area contributed by atoms with Gasteiger partial charge in [-0.1, -0.05) is 4.73 Å². The van der Waals surface area contributed by atoms with Crippen LogP contribution in [0.1, 0.15) is 12.5 Å². The van der Waals surface area contributed by atoms with Crippen LogP contribution < -0.4 is 9.57 Å². The molecule has 0 fully saturated rings. The second kappa shape index (κ2) is 5.31. The van der Waals surface area contributed by atoms with Gasteiger partial charge in [0.25, 0.3) is 12.0 Å². The lowest BCUT2D eigenvalue weighted by atomic mass is 10.2. The number of rotatable bonds is 5. The van der Waals surface area contributed by atoms with Crippen LogP contribution in [-0.4, -0.2) is 16.1 Å². The van der Waals surface area contributed by atoms with Crippen LogP contribution in [0.4, 0.5) is 5.69 Å². The topological polar surface area (TPSA) is 61.2 Å². The molecule has 94 valence electrons. The first kappa shape index (κ1) is 12.1. The number of nitrogens with zero attached hydrogens (tertiary/aromatic N) is 3. The van der Waals surface area contributed by atoms with Crippen LogP contribution in [0.5, 0.6) is 0 Å². The molecule has 2 aromatic rings. The third-order valence-electron chi connectivity index (χ3n) is 2.46. The average Bonchev–Trinajstić information content (AvgIpc) is 2.78. The molecule has 0 radical (unpaired) electrons. The van der Waals surface area contributed by atoms with E-state index in [2.05, 4.69) is 0 Å². The zero-order valence-electron chi connectivity index (χ0n) is 10.0. The fraction of sp³-hybridized carbons (Fsp3) is 0.250. The summed E-state index contributed by atoms with van der Waals surface area (Å²) in [5, 5.41) is 10.5. The molecular formula is C12H14N3O3+. The largest absolute Gasteiger partial charge is 0.336 e. The number of nitro benzene ring substituents is 1. The van der Waals surface area contributed by atoms with E-state index in [1.807, 2.05) is 30.2 Å². The minimum Gasteiger partial charge on any atom is -0.336 e. The van der Waals surface area contributed by atoms with Crippen molar-refractivity contribution in [3.8, 4) is 0 Å². The van der Waals surface area contributed by atoms with Crippen LogP contribution in [0, 0.1) is 10.1 Å². The maximum atomic E-state index is 10.5. The van der Waals surface area contributed by atoms with E-state index in [0.717, 1.165) is 5.56 Å². The first-order valence-corrected chi connectivity index (χ1v) is 5.62. The predicted octanol–water partition coefficient (Wildman–Crippen LogP) is 1.18. The number of benzene rings is 1. The summed E-state index contributed by atoms with van der Waals surface area (Å²) in [6.45, 7) is 3.17. The lowest BCUT2D eigenvalue weighted by Gasteiger charge is -1.97. The van der Waals surface area contributed by atoms with Gasteiger partial charge in [0, 0.05) is 12.1 Å². The molecule has 2 rings (SSSR count). The number of imidazole rings is 1. The van der Waals surface area contributed by atoms with Crippen LogP contribution in [0.2, 0.25) is 0 Å². The number of aromatic nitrogens is 2. The van der Waals surface area contributed by atoms with Crippen molar-refractivity contribution in [2.45, 2.75) is 13.5 Å². The molecule has 0 atom stereocenters. The van der Waals surface area contributed by atoms with Crippen molar-refractivity contribution in [2.75, 3.05) is 6.61 Å². The molecule has 0 N–H and O–H groups in total. The highest BCUT2D eigenvalue weighted by atomic mass is 16.7. The molecule has 0 bridgehead atoms. The Bertz CT molecular complexity index is 534. The van der Waals surface area contributed by atoms with Gasteiger partial charge in [-0.25, -0.2) is 4.57 Å². The summed E-state index contributed by atoms with van der Waals surface area (Å²) in [5.41, 5.74) is 1.11. The summed E-state index contributed by atoms with van der Waals surface area (Å²) in [7, 11) is 0. The molecule has 1 aromatic carbocycles. The van der Waals surface area contributed by atoms with E-state index in [9.17, 15) is 10.1 Å². The summed E-state index contributed by atoms with van der Waals surface area (Å²) < 4.78 is 3.57. The monoisotopic (exact) mass is 248 g/mol. The molecule has 0 aliphatic rings. The van der Waals surface area contributed by atoms with Gasteiger partial charge >= 0.3 is 0 Å². The Kier molecular flexibility index (Phi) is 3.57. The minimum absolute atomic E-state index is 0.107. The van der Waals surface area contributed by atoms with Gasteiger partial charge in [-0.3, -0.25) is 10.1 Å². The lowest BCUT2D eigenvalue weighted by molar-refractivity contribution is -0.890. The number of non-ortho nitro benzene ring substituents is 1. The zero-order valence-corrected chi connectivity index (χ0v) is 10.0. The van der Waals surface area contributed by atoms with Gasteiger partial charge < -0.3 is 4.84 Å². The molecule has 6 heteroatoms. The summed E-state index contributed by atoms with van der Waals surface area (Å²) in [6, 6.07) is 6.52. The van der Waals surface area contributed by atoms with Crippen molar-refractivity contribution >= 4 is 5.69 Å². The summed E-state index contributed by atoms with van der Waals surface area (Å²) in [4.78, 5) is 15.4. The van der Waals surface area contributed by atoms with E-state index in [4.69, 9.17) is 4.84 Å². The summed E-state index contributed by atoms with van der Waals surface area (Å²) in [6.07, 6.45) is 5.52. The molecule has 0 aliphatic carbocycles. The van der Waals surface area contributed by atoms with Crippen LogP contribution in [0.3, 0.4) is 0 Å². The Morgan fingerprint density at radius 2 is 2.11 bits per heavy atom. The Balaban J connectivity index is 2.06. The predicted molar refractivity (Wildman–Crippen MR) is 63.9 cm³/mol. The van der Waals surface area contributed by atoms with Gasteiger partial charge in [-0.05, 0) is 24.6 Å². The van der Waals surface area contributed by atoms with Crippen molar-refractivity contribution in [3.63, 3.8) is 0 Å². The third kappa shape index (κ3) is 2.85. The smallest absolute Gasteiger partial charge is 0.284 e. The van der Waals surface area contributed by atoms with E-state index in [1.54, 1.807) is 16.9 Å². The Labute approximate surface area is 104 Å². The van der Waals surface area contributed by atoms with Gasteiger partial charge in [-0.15, -0.1) is 0 Å². The van der Waals surface area contributed by atoms with Crippen molar-refractivity contribution in [1.29, 1.82) is 0 Å². The first-order valence-electron chi connectivity index (χ1n) is 5.62. The molecule has 0 aliphatic heterocycles. The maximum absolute atomic E-state index is 10.5. The number of hydrogen-bond acceptors (Lipinski definition) is 3. The standard InChI is InChI=1S/C12H14N3O3/c1-2-18-14-8-7-13(10-14)9-11-3-5-12(6-4-11)15(16)17/h3-8,10H,2,9H2,1H3/q+1. The first-order chi connectivity index (χ1) is 8.69. The molecule has 6 nitrogen and oxygen atoms in total. The molecule has 1 heterocycles. The zero-order chi connectivity index (χ0) is 13.0. The highest BCUT2D eigenvalue weighted by molar-refractivity contribution is 5.32. The third-order valence-corrected chi connectivity index (χ3v) is 2.46. The van der Waals surface area contributed by atoms with Crippen molar-refractivity contribution in [3.05, 3.63) is 58.7 Å². The number of hydrogen-bond donors (Lipinski definition) is 0. The Hall–Kier alpha value is -2.37. The highest BCUT2D eigenvalue weighted by Crippen LogP contribution is 2.12. The second-order valence-corrected chi connectivity index (χ2v) is 3.79. The van der Waals surface area contributed by atoms with E-state index in [1.165, 1.54) is 12.1 Å². The average molecular weight is 248 g/mol. The molecule has 1 aromatic heterocycles. The van der Waals surface area contributed by atoms with Gasteiger partial charge in [-0.2, -0.15) is 0 Å². The quantitative estimate of drug-likeness (QED) is 0.453. The van der Waals surface area contributed by atoms with Gasteiger partial charge in [0.2, 0.25) is 0 Å². The summed E-state index contributed by atoms with van der Waals surface area (Å²) in [5.74, 6) is 0. The van der Waals surface area contributed by atoms with E-state index in [-0.39, 0.29) is 5.69 Å². The summed E-state index contributed by atoms with van der Waals surface area (Å²) >= 11 is 0. The molecule has 0 amide bonds. The highest BCUT2D eigenvalue weighted by Gasteiger charge is 2.07. The van der Waals surface area contributed by atoms with E-state index in [0.29, 0.717) is 13.2 Å². The van der Waals surface area contributed by atoms with Crippen LogP contribution >= 0.6 is 0 Å². The molecule has 0 saturated carbocycles. The van der Waals surface area contributed by atoms with Crippen LogP contribution in [-0.2, 0) is 6.54 Å². The fourth-order valence-corrected chi connectivity index (χ4v) is 1.63. The van der Waals surface area contributed by atoms with Gasteiger partial charge in [0.15, 0.2) is 6.20 Å². The van der Waals surface area contributed by atoms with Gasteiger partial charge in [0.05, 0.1) is 4.92 Å². The van der Waals surface area contributed by atoms with Crippen LogP contribution in [0.25, 0.3) is 0 Å². The van der Waals surface area contributed by atoms with Crippen molar-refractivity contribution in [1.82, 2.24) is 4.57 Å². The Morgan fingerprint density at radius 1 is 1.39 bits per heavy atom. The maximum Gasteiger partial charge on any atom is 0.284 e. The second-order valence-electron chi connectivity index (χ2n) is 3.79. The fourth-order valence-electron chi connectivity index (χ4n) is 1.63.